The Morgan fingerprint density at radius 3 is 2.70 bits per heavy atom. The monoisotopic (exact) mass is 341 g/mol. The van der Waals surface area contributed by atoms with Crippen molar-refractivity contribution < 1.29 is 4.74 Å². The van der Waals surface area contributed by atoms with Crippen LogP contribution in [0.4, 0.5) is 0 Å². The number of hydrogen-bond donors (Lipinski definition) is 1. The minimum Gasteiger partial charge on any atom is -0.377 e. The van der Waals surface area contributed by atoms with Crippen LogP contribution < -0.4 is 5.32 Å². The molecule has 1 rings (SSSR count). The first-order chi connectivity index (χ1) is 9.63. The molecule has 0 aliphatic carbocycles. The van der Waals surface area contributed by atoms with Crippen LogP contribution >= 0.6 is 15.9 Å². The molecule has 0 amide bonds. The average Bonchev–Trinajstić information content (AvgIpc) is 2.40. The number of rotatable bonds is 10. The summed E-state index contributed by atoms with van der Waals surface area (Å²) >= 11 is 3.64. The Balaban J connectivity index is 2.35. The maximum atomic E-state index is 5.71. The molecular weight excluding hydrogens is 314 g/mol. The third-order valence-corrected chi connectivity index (χ3v) is 3.89. The molecule has 20 heavy (non-hydrogen) atoms. The molecule has 1 aromatic rings. The first-order valence-electron chi connectivity index (χ1n) is 7.69. The second-order valence-corrected chi connectivity index (χ2v) is 6.56. The van der Waals surface area contributed by atoms with Crippen molar-refractivity contribution in [2.45, 2.75) is 53.2 Å². The van der Waals surface area contributed by atoms with Crippen LogP contribution in [0.1, 0.15) is 51.2 Å². The Morgan fingerprint density at radius 1 is 1.25 bits per heavy atom. The van der Waals surface area contributed by atoms with Gasteiger partial charge >= 0.3 is 0 Å². The Morgan fingerprint density at radius 2 is 2.05 bits per heavy atom. The summed E-state index contributed by atoms with van der Waals surface area (Å²) < 4.78 is 6.86. The molecule has 0 saturated carbocycles. The third-order valence-electron chi connectivity index (χ3n) is 3.15. The topological polar surface area (TPSA) is 21.3 Å². The van der Waals surface area contributed by atoms with Crippen molar-refractivity contribution in [3.63, 3.8) is 0 Å². The van der Waals surface area contributed by atoms with E-state index in [1.807, 2.05) is 0 Å². The molecule has 0 fully saturated rings. The van der Waals surface area contributed by atoms with E-state index in [0.717, 1.165) is 30.6 Å². The lowest BCUT2D eigenvalue weighted by Crippen LogP contribution is -2.18. The predicted molar refractivity (Wildman–Crippen MR) is 89.9 cm³/mol. The van der Waals surface area contributed by atoms with E-state index in [2.05, 4.69) is 60.2 Å². The van der Waals surface area contributed by atoms with Gasteiger partial charge in [0.1, 0.15) is 0 Å². The molecule has 0 aliphatic rings. The zero-order valence-electron chi connectivity index (χ0n) is 13.0. The molecule has 0 spiro atoms. The fourth-order valence-corrected chi connectivity index (χ4v) is 2.50. The maximum absolute atomic E-state index is 5.71. The summed E-state index contributed by atoms with van der Waals surface area (Å²) in [5.74, 6) is 0.689. The molecule has 0 radical (unpaired) electrons. The summed E-state index contributed by atoms with van der Waals surface area (Å²) in [5, 5.41) is 3.46. The smallest absolute Gasteiger partial charge is 0.0727 e. The van der Waals surface area contributed by atoms with Gasteiger partial charge in [-0.25, -0.2) is 0 Å². The van der Waals surface area contributed by atoms with Gasteiger partial charge in [0.05, 0.1) is 6.61 Å². The quantitative estimate of drug-likeness (QED) is 0.611. The van der Waals surface area contributed by atoms with Crippen LogP contribution in [0.15, 0.2) is 22.7 Å². The normalized spacial score (nSPS) is 11.2. The van der Waals surface area contributed by atoms with Crippen LogP contribution in [0.2, 0.25) is 0 Å². The van der Waals surface area contributed by atoms with E-state index in [4.69, 9.17) is 4.74 Å². The van der Waals surface area contributed by atoms with Crippen LogP contribution in [0, 0.1) is 5.92 Å². The highest BCUT2D eigenvalue weighted by atomic mass is 79.9. The number of benzene rings is 1. The number of unbranched alkanes of at least 4 members (excludes halogenated alkanes) is 2. The molecule has 0 unspecified atom stereocenters. The van der Waals surface area contributed by atoms with Gasteiger partial charge in [-0.05, 0) is 36.1 Å². The number of nitrogens with one attached hydrogen (secondary N) is 1. The molecule has 0 aromatic heterocycles. The standard InChI is InChI=1S/C17H28BrNO/c1-4-5-6-9-20-13-16-8-7-15(10-17(16)18)12-19-11-14(2)3/h7-8,10,14,19H,4-6,9,11-13H2,1-3H3. The van der Waals surface area contributed by atoms with E-state index in [1.54, 1.807) is 0 Å². The second-order valence-electron chi connectivity index (χ2n) is 5.71. The minimum atomic E-state index is 0.689. The number of halogens is 1. The SMILES string of the molecule is CCCCCOCc1ccc(CNCC(C)C)cc1Br. The van der Waals surface area contributed by atoms with Gasteiger partial charge < -0.3 is 10.1 Å². The van der Waals surface area contributed by atoms with E-state index in [9.17, 15) is 0 Å². The highest BCUT2D eigenvalue weighted by Gasteiger charge is 2.02. The number of hydrogen-bond acceptors (Lipinski definition) is 2. The highest BCUT2D eigenvalue weighted by Crippen LogP contribution is 2.19. The Labute approximate surface area is 132 Å². The van der Waals surface area contributed by atoms with E-state index in [1.165, 1.54) is 24.0 Å². The molecule has 0 aliphatic heterocycles. The summed E-state index contributed by atoms with van der Waals surface area (Å²) in [6.07, 6.45) is 3.65. The van der Waals surface area contributed by atoms with E-state index >= 15 is 0 Å². The molecular formula is C17H28BrNO. The lowest BCUT2D eigenvalue weighted by atomic mass is 10.1. The van der Waals surface area contributed by atoms with Gasteiger partial charge in [0, 0.05) is 17.6 Å². The lowest BCUT2D eigenvalue weighted by molar-refractivity contribution is 0.116. The fraction of sp³-hybridized carbons (Fsp3) is 0.647. The van der Waals surface area contributed by atoms with Gasteiger partial charge in [-0.2, -0.15) is 0 Å². The van der Waals surface area contributed by atoms with Gasteiger partial charge in [0.25, 0.3) is 0 Å². The summed E-state index contributed by atoms with van der Waals surface area (Å²) in [5.41, 5.74) is 2.54. The Hall–Kier alpha value is -0.380. The molecule has 3 heteroatoms. The average molecular weight is 342 g/mol. The van der Waals surface area contributed by atoms with Crippen molar-refractivity contribution in [1.82, 2.24) is 5.32 Å². The van der Waals surface area contributed by atoms with E-state index in [-0.39, 0.29) is 0 Å². The molecule has 114 valence electrons. The molecule has 2 nitrogen and oxygen atoms in total. The highest BCUT2D eigenvalue weighted by molar-refractivity contribution is 9.10. The number of ether oxygens (including phenoxy) is 1. The zero-order chi connectivity index (χ0) is 14.8. The summed E-state index contributed by atoms with van der Waals surface area (Å²) in [4.78, 5) is 0. The van der Waals surface area contributed by atoms with Gasteiger partial charge in [-0.3, -0.25) is 0 Å². The van der Waals surface area contributed by atoms with Crippen molar-refractivity contribution in [3.05, 3.63) is 33.8 Å². The summed E-state index contributed by atoms with van der Waals surface area (Å²) in [6, 6.07) is 6.54. The minimum absolute atomic E-state index is 0.689. The van der Waals surface area contributed by atoms with Gasteiger partial charge in [-0.1, -0.05) is 61.7 Å². The summed E-state index contributed by atoms with van der Waals surface area (Å²) in [7, 11) is 0. The predicted octanol–water partition coefficient (Wildman–Crippen LogP) is 4.90. The van der Waals surface area contributed by atoms with Crippen molar-refractivity contribution in [3.8, 4) is 0 Å². The van der Waals surface area contributed by atoms with Crippen LogP contribution in [-0.2, 0) is 17.9 Å². The van der Waals surface area contributed by atoms with Gasteiger partial charge in [-0.15, -0.1) is 0 Å². The molecule has 0 saturated heterocycles. The van der Waals surface area contributed by atoms with Crippen molar-refractivity contribution in [2.24, 2.45) is 5.92 Å². The van der Waals surface area contributed by atoms with Crippen LogP contribution in [-0.4, -0.2) is 13.2 Å². The largest absolute Gasteiger partial charge is 0.377 e. The maximum Gasteiger partial charge on any atom is 0.0727 e. The van der Waals surface area contributed by atoms with E-state index < -0.39 is 0 Å². The first kappa shape index (κ1) is 17.7. The third kappa shape index (κ3) is 7.41. The Bertz CT molecular complexity index is 379. The first-order valence-corrected chi connectivity index (χ1v) is 8.48. The van der Waals surface area contributed by atoms with Crippen LogP contribution in [0.25, 0.3) is 0 Å². The van der Waals surface area contributed by atoms with Crippen molar-refractivity contribution in [1.29, 1.82) is 0 Å². The summed E-state index contributed by atoms with van der Waals surface area (Å²) in [6.45, 7) is 10.2. The molecule has 1 N–H and O–H groups in total. The van der Waals surface area contributed by atoms with Crippen LogP contribution in [0.5, 0.6) is 0 Å². The lowest BCUT2D eigenvalue weighted by Gasteiger charge is -2.10. The van der Waals surface area contributed by atoms with Gasteiger partial charge in [0.2, 0.25) is 0 Å². The fourth-order valence-electron chi connectivity index (χ4n) is 1.96. The second kappa shape index (κ2) is 10.4. The van der Waals surface area contributed by atoms with Crippen molar-refractivity contribution in [2.75, 3.05) is 13.2 Å². The zero-order valence-corrected chi connectivity index (χ0v) is 14.6. The molecule has 0 heterocycles. The van der Waals surface area contributed by atoms with E-state index in [0.29, 0.717) is 12.5 Å². The Kier molecular flexibility index (Phi) is 9.16. The molecule has 1 aromatic carbocycles. The van der Waals surface area contributed by atoms with Gasteiger partial charge in [0.15, 0.2) is 0 Å². The van der Waals surface area contributed by atoms with Crippen LogP contribution in [0.3, 0.4) is 0 Å². The molecule has 0 bridgehead atoms. The molecule has 0 atom stereocenters. The van der Waals surface area contributed by atoms with Crippen molar-refractivity contribution >= 4 is 15.9 Å².